The zero-order valence-corrected chi connectivity index (χ0v) is 24.0. The Balaban J connectivity index is 2.50. The van der Waals surface area contributed by atoms with E-state index >= 15 is 0 Å². The fourth-order valence-electron chi connectivity index (χ4n) is 3.52. The van der Waals surface area contributed by atoms with Gasteiger partial charge in [0.25, 0.3) is 5.91 Å². The Morgan fingerprint density at radius 3 is 1.91 bits per heavy atom. The highest BCUT2D eigenvalue weighted by molar-refractivity contribution is 6.74. The van der Waals surface area contributed by atoms with Crippen molar-refractivity contribution in [2.24, 2.45) is 0 Å². The van der Waals surface area contributed by atoms with Crippen molar-refractivity contribution in [1.29, 1.82) is 0 Å². The lowest BCUT2D eigenvalue weighted by atomic mass is 10.1. The molecule has 2 rings (SSSR count). The van der Waals surface area contributed by atoms with E-state index in [9.17, 15) is 4.79 Å². The van der Waals surface area contributed by atoms with E-state index in [0.29, 0.717) is 13.0 Å². The molecule has 180 valence electrons. The monoisotopic (exact) mass is 475 g/mol. The third-order valence-electron chi connectivity index (χ3n) is 7.67. The van der Waals surface area contributed by atoms with Crippen molar-refractivity contribution in [2.75, 3.05) is 0 Å². The van der Waals surface area contributed by atoms with Crippen molar-refractivity contribution >= 4 is 22.5 Å². The molecule has 1 amide bonds. The third kappa shape index (κ3) is 5.82. The first kappa shape index (κ1) is 27.0. The molecule has 6 heteroatoms. The molecule has 0 aromatic heterocycles. The van der Waals surface area contributed by atoms with Crippen molar-refractivity contribution in [3.8, 4) is 0 Å². The number of nitrogens with zero attached hydrogens (tertiary/aromatic N) is 1. The molecule has 1 aliphatic heterocycles. The normalized spacial score (nSPS) is 23.0. The largest absolute Gasteiger partial charge is 0.409 e. The van der Waals surface area contributed by atoms with Gasteiger partial charge in [-0.05, 0) is 48.2 Å². The quantitative estimate of drug-likeness (QED) is 0.308. The van der Waals surface area contributed by atoms with Crippen LogP contribution in [0.1, 0.15) is 53.5 Å². The summed E-state index contributed by atoms with van der Waals surface area (Å²) in [5.41, 5.74) is 1.12. The van der Waals surface area contributed by atoms with E-state index in [4.69, 9.17) is 8.85 Å². The minimum atomic E-state index is -2.19. The van der Waals surface area contributed by atoms with E-state index in [1.165, 1.54) is 0 Å². The maximum absolute atomic E-state index is 13.9. The zero-order valence-electron chi connectivity index (χ0n) is 22.0. The summed E-state index contributed by atoms with van der Waals surface area (Å²) >= 11 is 0. The second-order valence-corrected chi connectivity index (χ2v) is 21.7. The van der Waals surface area contributed by atoms with Crippen LogP contribution in [0.25, 0.3) is 0 Å². The molecule has 0 N–H and O–H groups in total. The Labute approximate surface area is 198 Å². The number of hydrogen-bond acceptors (Lipinski definition) is 3. The smallest absolute Gasteiger partial charge is 0.253 e. The van der Waals surface area contributed by atoms with Crippen LogP contribution in [0.3, 0.4) is 0 Å². The Morgan fingerprint density at radius 1 is 0.938 bits per heavy atom. The van der Waals surface area contributed by atoms with Crippen LogP contribution in [0.15, 0.2) is 43.0 Å². The van der Waals surface area contributed by atoms with Crippen molar-refractivity contribution in [1.82, 2.24) is 4.90 Å². The zero-order chi connectivity index (χ0) is 24.5. The number of carbonyl (C=O) groups excluding carboxylic acids is 1. The first-order valence-corrected chi connectivity index (χ1v) is 17.6. The molecule has 4 nitrogen and oxygen atoms in total. The van der Waals surface area contributed by atoms with Crippen molar-refractivity contribution < 1.29 is 13.6 Å². The molecule has 0 unspecified atom stereocenters. The number of rotatable bonds is 8. The van der Waals surface area contributed by atoms with Gasteiger partial charge in [-0.2, -0.15) is 0 Å². The molecule has 32 heavy (non-hydrogen) atoms. The number of hydrogen-bond donors (Lipinski definition) is 0. The summed E-state index contributed by atoms with van der Waals surface area (Å²) in [5.74, 6) is 0.0502. The van der Waals surface area contributed by atoms with Gasteiger partial charge in [-0.25, -0.2) is 0 Å². The van der Waals surface area contributed by atoms with Gasteiger partial charge in [-0.3, -0.25) is 4.79 Å². The van der Waals surface area contributed by atoms with Crippen LogP contribution >= 0.6 is 0 Å². The van der Waals surface area contributed by atoms with Crippen molar-refractivity contribution in [3.05, 3.63) is 48.6 Å². The Morgan fingerprint density at radius 2 is 1.44 bits per heavy atom. The van der Waals surface area contributed by atoms with Gasteiger partial charge in [0, 0.05) is 6.54 Å². The van der Waals surface area contributed by atoms with E-state index < -0.39 is 22.7 Å². The summed E-state index contributed by atoms with van der Waals surface area (Å²) < 4.78 is 13.8. The number of benzene rings is 1. The average Bonchev–Trinajstić information content (AvgIpc) is 2.86. The number of carbonyl (C=O) groups is 1. The lowest BCUT2D eigenvalue weighted by Crippen LogP contribution is -2.53. The van der Waals surface area contributed by atoms with E-state index in [1.807, 2.05) is 29.2 Å². The molecular formula is C26H45NO3Si2. The van der Waals surface area contributed by atoms with Gasteiger partial charge in [-0.15, -0.1) is 6.58 Å². The highest BCUT2D eigenvalue weighted by Crippen LogP contribution is 2.43. The molecule has 1 aliphatic rings. The molecule has 0 aliphatic carbocycles. The molecule has 0 saturated carbocycles. The van der Waals surface area contributed by atoms with E-state index in [2.05, 4.69) is 86.4 Å². The number of amides is 1. The SMILES string of the molecule is C=CC[C@@H]1[C@H](O[Si](C)(C)C(C)(C)C)[C@@H](O[Si](C)(C)C(C)(C)C)C(=O)N1Cc1ccccc1. The van der Waals surface area contributed by atoms with Crippen molar-refractivity contribution in [3.63, 3.8) is 0 Å². The molecule has 3 atom stereocenters. The Kier molecular flexibility index (Phi) is 8.08. The van der Waals surface area contributed by atoms with Crippen LogP contribution in [-0.4, -0.2) is 45.7 Å². The van der Waals surface area contributed by atoms with Gasteiger partial charge in [0.1, 0.15) is 0 Å². The van der Waals surface area contributed by atoms with E-state index in [0.717, 1.165) is 5.56 Å². The van der Waals surface area contributed by atoms with Gasteiger partial charge in [0.05, 0.1) is 12.1 Å². The summed E-state index contributed by atoms with van der Waals surface area (Å²) in [4.78, 5) is 15.8. The molecular weight excluding hydrogens is 430 g/mol. The molecule has 1 heterocycles. The van der Waals surface area contributed by atoms with Crippen LogP contribution in [0.2, 0.25) is 36.3 Å². The second kappa shape index (κ2) is 9.57. The molecule has 1 aromatic rings. The Bertz CT molecular complexity index is 794. The van der Waals surface area contributed by atoms with Gasteiger partial charge < -0.3 is 13.8 Å². The van der Waals surface area contributed by atoms with Crippen LogP contribution < -0.4 is 0 Å². The molecule has 1 saturated heterocycles. The maximum Gasteiger partial charge on any atom is 0.253 e. The number of likely N-dealkylation sites (tertiary alicyclic amines) is 1. The molecule has 0 bridgehead atoms. The average molecular weight is 476 g/mol. The minimum absolute atomic E-state index is 0.00951. The topological polar surface area (TPSA) is 38.8 Å². The van der Waals surface area contributed by atoms with Crippen LogP contribution in [0.4, 0.5) is 0 Å². The summed E-state index contributed by atoms with van der Waals surface area (Å²) in [6, 6.07) is 10.1. The maximum atomic E-state index is 13.9. The summed E-state index contributed by atoms with van der Waals surface area (Å²) in [6.07, 6.45) is 1.74. The summed E-state index contributed by atoms with van der Waals surface area (Å²) in [5, 5.41) is 0.0543. The fourth-order valence-corrected chi connectivity index (χ4v) is 6.06. The lowest BCUT2D eigenvalue weighted by Gasteiger charge is -2.43. The fraction of sp³-hybridized carbons (Fsp3) is 0.654. The third-order valence-corrected chi connectivity index (χ3v) is 16.6. The van der Waals surface area contributed by atoms with E-state index in [-0.39, 0.29) is 28.1 Å². The highest BCUT2D eigenvalue weighted by Gasteiger charge is 2.55. The summed E-state index contributed by atoms with van der Waals surface area (Å²) in [7, 11) is -4.32. The standard InChI is InChI=1S/C26H45NO3Si2/c1-12-16-21-22(29-31(8,9)25(2,3)4)23(30-32(10,11)26(5,6)7)24(28)27(21)19-20-17-14-13-15-18-20/h12-15,17-18,21-23H,1,16,19H2,2-11H3/t21-,22+,23-/m1/s1. The highest BCUT2D eigenvalue weighted by atomic mass is 28.4. The van der Waals surface area contributed by atoms with Gasteiger partial charge in [0.15, 0.2) is 22.7 Å². The van der Waals surface area contributed by atoms with Crippen LogP contribution in [0.5, 0.6) is 0 Å². The summed E-state index contributed by atoms with van der Waals surface area (Å²) in [6.45, 7) is 26.9. The first-order chi connectivity index (χ1) is 14.5. The Hall–Kier alpha value is -1.22. The molecule has 0 spiro atoms. The van der Waals surface area contributed by atoms with Crippen LogP contribution in [-0.2, 0) is 20.2 Å². The minimum Gasteiger partial charge on any atom is -0.409 e. The predicted molar refractivity (Wildman–Crippen MR) is 140 cm³/mol. The second-order valence-electron chi connectivity index (χ2n) is 12.2. The lowest BCUT2D eigenvalue weighted by molar-refractivity contribution is -0.135. The van der Waals surface area contributed by atoms with Gasteiger partial charge in [-0.1, -0.05) is 78.0 Å². The van der Waals surface area contributed by atoms with Crippen LogP contribution in [0, 0.1) is 0 Å². The predicted octanol–water partition coefficient (Wildman–Crippen LogP) is 6.75. The van der Waals surface area contributed by atoms with Gasteiger partial charge >= 0.3 is 0 Å². The van der Waals surface area contributed by atoms with Gasteiger partial charge in [0.2, 0.25) is 0 Å². The van der Waals surface area contributed by atoms with Crippen molar-refractivity contribution in [2.45, 2.75) is 109 Å². The first-order valence-electron chi connectivity index (χ1n) is 11.8. The molecule has 1 fully saturated rings. The molecule has 0 radical (unpaired) electrons. The molecule has 1 aromatic carbocycles. The van der Waals surface area contributed by atoms with E-state index in [1.54, 1.807) is 0 Å².